The number of benzene rings is 1. The molecule has 4 nitrogen and oxygen atoms in total. The van der Waals surface area contributed by atoms with Crippen LogP contribution in [0.4, 0.5) is 0 Å². The molecule has 104 valence electrons. The SMILES string of the molecule is CCC(OC)C(=O)NCC1NCCc2ccccc21. The first-order chi connectivity index (χ1) is 9.26. The van der Waals surface area contributed by atoms with Crippen molar-refractivity contribution < 1.29 is 9.53 Å². The Morgan fingerprint density at radius 2 is 2.32 bits per heavy atom. The zero-order valence-electron chi connectivity index (χ0n) is 11.6. The quantitative estimate of drug-likeness (QED) is 0.843. The van der Waals surface area contributed by atoms with Crippen LogP contribution < -0.4 is 10.6 Å². The molecule has 0 aromatic heterocycles. The first kappa shape index (κ1) is 14.0. The van der Waals surface area contributed by atoms with Crippen molar-refractivity contribution in [2.24, 2.45) is 0 Å². The molecule has 2 rings (SSSR count). The number of carbonyl (C=O) groups is 1. The van der Waals surface area contributed by atoms with Gasteiger partial charge in [-0.05, 0) is 30.5 Å². The lowest BCUT2D eigenvalue weighted by molar-refractivity contribution is -0.131. The average molecular weight is 262 g/mol. The van der Waals surface area contributed by atoms with Crippen LogP contribution in [0.3, 0.4) is 0 Å². The highest BCUT2D eigenvalue weighted by Crippen LogP contribution is 2.21. The van der Waals surface area contributed by atoms with E-state index in [2.05, 4.69) is 28.8 Å². The predicted molar refractivity (Wildman–Crippen MR) is 75.0 cm³/mol. The minimum absolute atomic E-state index is 0.0325. The summed E-state index contributed by atoms with van der Waals surface area (Å²) in [6.07, 6.45) is 1.40. The minimum Gasteiger partial charge on any atom is -0.372 e. The molecule has 4 heteroatoms. The van der Waals surface area contributed by atoms with E-state index >= 15 is 0 Å². The van der Waals surface area contributed by atoms with Gasteiger partial charge in [0, 0.05) is 19.7 Å². The number of amides is 1. The largest absolute Gasteiger partial charge is 0.372 e. The summed E-state index contributed by atoms with van der Waals surface area (Å²) >= 11 is 0. The molecule has 1 aromatic carbocycles. The van der Waals surface area contributed by atoms with Crippen LogP contribution in [0.2, 0.25) is 0 Å². The fourth-order valence-electron chi connectivity index (χ4n) is 2.55. The number of hydrogen-bond acceptors (Lipinski definition) is 3. The lowest BCUT2D eigenvalue weighted by Gasteiger charge is -2.27. The molecule has 2 unspecified atom stereocenters. The molecule has 19 heavy (non-hydrogen) atoms. The van der Waals surface area contributed by atoms with Crippen LogP contribution in [-0.2, 0) is 16.0 Å². The summed E-state index contributed by atoms with van der Waals surface area (Å²) in [6.45, 7) is 3.51. The summed E-state index contributed by atoms with van der Waals surface area (Å²) in [5.74, 6) is -0.0325. The van der Waals surface area contributed by atoms with E-state index in [1.165, 1.54) is 11.1 Å². The Balaban J connectivity index is 1.96. The van der Waals surface area contributed by atoms with E-state index in [9.17, 15) is 4.79 Å². The number of fused-ring (bicyclic) bond motifs is 1. The summed E-state index contributed by atoms with van der Waals surface area (Å²) in [4.78, 5) is 11.9. The van der Waals surface area contributed by atoms with Crippen molar-refractivity contribution in [2.45, 2.75) is 31.9 Å². The summed E-state index contributed by atoms with van der Waals surface area (Å²) in [5.41, 5.74) is 2.67. The lowest BCUT2D eigenvalue weighted by atomic mass is 9.94. The smallest absolute Gasteiger partial charge is 0.249 e. The van der Waals surface area contributed by atoms with Crippen molar-refractivity contribution in [3.63, 3.8) is 0 Å². The van der Waals surface area contributed by atoms with Crippen molar-refractivity contribution >= 4 is 5.91 Å². The fraction of sp³-hybridized carbons (Fsp3) is 0.533. The van der Waals surface area contributed by atoms with E-state index in [1.807, 2.05) is 13.0 Å². The highest BCUT2D eigenvalue weighted by atomic mass is 16.5. The number of rotatable bonds is 5. The van der Waals surface area contributed by atoms with Crippen LogP contribution in [0.1, 0.15) is 30.5 Å². The zero-order valence-corrected chi connectivity index (χ0v) is 11.6. The first-order valence-electron chi connectivity index (χ1n) is 6.88. The molecular formula is C15H22N2O2. The monoisotopic (exact) mass is 262 g/mol. The van der Waals surface area contributed by atoms with Gasteiger partial charge in [0.25, 0.3) is 0 Å². The predicted octanol–water partition coefficient (Wildman–Crippen LogP) is 1.41. The summed E-state index contributed by atoms with van der Waals surface area (Å²) in [7, 11) is 1.57. The highest BCUT2D eigenvalue weighted by Gasteiger charge is 2.21. The molecule has 1 aliphatic rings. The maximum absolute atomic E-state index is 11.9. The van der Waals surface area contributed by atoms with Crippen molar-refractivity contribution in [3.8, 4) is 0 Å². The van der Waals surface area contributed by atoms with E-state index in [1.54, 1.807) is 7.11 Å². The molecule has 1 aromatic rings. The second kappa shape index (κ2) is 6.68. The van der Waals surface area contributed by atoms with Gasteiger partial charge in [0.05, 0.1) is 0 Å². The van der Waals surface area contributed by atoms with Crippen molar-refractivity contribution in [1.29, 1.82) is 0 Å². The molecule has 1 amide bonds. The zero-order chi connectivity index (χ0) is 13.7. The Morgan fingerprint density at radius 3 is 3.05 bits per heavy atom. The Bertz CT molecular complexity index is 430. The van der Waals surface area contributed by atoms with E-state index in [0.717, 1.165) is 13.0 Å². The van der Waals surface area contributed by atoms with Gasteiger partial charge < -0.3 is 15.4 Å². The Morgan fingerprint density at radius 1 is 1.53 bits per heavy atom. The third-order valence-electron chi connectivity index (χ3n) is 3.64. The molecule has 0 fully saturated rings. The normalized spacial score (nSPS) is 19.6. The summed E-state index contributed by atoms with van der Waals surface area (Å²) in [5, 5.41) is 6.42. The molecule has 2 atom stereocenters. The topological polar surface area (TPSA) is 50.4 Å². The average Bonchev–Trinajstić information content (AvgIpc) is 2.46. The standard InChI is InChI=1S/C15H22N2O2/c1-3-14(19-2)15(18)17-10-13-12-7-5-4-6-11(12)8-9-16-13/h4-7,13-14,16H,3,8-10H2,1-2H3,(H,17,18). The van der Waals surface area contributed by atoms with Gasteiger partial charge in [0.2, 0.25) is 5.91 Å². The Kier molecular flexibility index (Phi) is 4.93. The summed E-state index contributed by atoms with van der Waals surface area (Å²) in [6, 6.07) is 8.60. The summed E-state index contributed by atoms with van der Waals surface area (Å²) < 4.78 is 5.14. The maximum atomic E-state index is 11.9. The fourth-order valence-corrected chi connectivity index (χ4v) is 2.55. The van der Waals surface area contributed by atoms with Gasteiger partial charge >= 0.3 is 0 Å². The van der Waals surface area contributed by atoms with Crippen molar-refractivity contribution in [1.82, 2.24) is 10.6 Å². The lowest BCUT2D eigenvalue weighted by Crippen LogP contribution is -2.42. The molecule has 0 radical (unpaired) electrons. The number of methoxy groups -OCH3 is 1. The third-order valence-corrected chi connectivity index (χ3v) is 3.64. The second-order valence-corrected chi connectivity index (χ2v) is 4.83. The van der Waals surface area contributed by atoms with Crippen LogP contribution in [0.25, 0.3) is 0 Å². The molecule has 0 saturated carbocycles. The van der Waals surface area contributed by atoms with E-state index < -0.39 is 0 Å². The second-order valence-electron chi connectivity index (χ2n) is 4.83. The van der Waals surface area contributed by atoms with E-state index in [0.29, 0.717) is 13.0 Å². The Labute approximate surface area is 114 Å². The molecule has 0 bridgehead atoms. The van der Waals surface area contributed by atoms with Gasteiger partial charge in [-0.3, -0.25) is 4.79 Å². The highest BCUT2D eigenvalue weighted by molar-refractivity contribution is 5.80. The molecule has 0 saturated heterocycles. The number of carbonyl (C=O) groups excluding carboxylic acids is 1. The van der Waals surface area contributed by atoms with Crippen LogP contribution >= 0.6 is 0 Å². The van der Waals surface area contributed by atoms with Crippen molar-refractivity contribution in [2.75, 3.05) is 20.2 Å². The molecule has 0 aliphatic carbocycles. The first-order valence-corrected chi connectivity index (χ1v) is 6.88. The van der Waals surface area contributed by atoms with Gasteiger partial charge in [-0.2, -0.15) is 0 Å². The Hall–Kier alpha value is -1.39. The van der Waals surface area contributed by atoms with Crippen LogP contribution in [0, 0.1) is 0 Å². The van der Waals surface area contributed by atoms with Crippen molar-refractivity contribution in [3.05, 3.63) is 35.4 Å². The minimum atomic E-state index is -0.348. The van der Waals surface area contributed by atoms with Crippen LogP contribution in [0.5, 0.6) is 0 Å². The molecule has 1 heterocycles. The van der Waals surface area contributed by atoms with Crippen LogP contribution in [0.15, 0.2) is 24.3 Å². The number of nitrogens with one attached hydrogen (secondary N) is 2. The van der Waals surface area contributed by atoms with Crippen LogP contribution in [-0.4, -0.2) is 32.2 Å². The maximum Gasteiger partial charge on any atom is 0.249 e. The van der Waals surface area contributed by atoms with Gasteiger partial charge in [0.15, 0.2) is 0 Å². The van der Waals surface area contributed by atoms with E-state index in [-0.39, 0.29) is 18.1 Å². The van der Waals surface area contributed by atoms with E-state index in [4.69, 9.17) is 4.74 Å². The molecule has 2 N–H and O–H groups in total. The number of hydrogen-bond donors (Lipinski definition) is 2. The molecule has 0 spiro atoms. The number of ether oxygens (including phenoxy) is 1. The molecule has 1 aliphatic heterocycles. The van der Waals surface area contributed by atoms with Gasteiger partial charge in [-0.1, -0.05) is 31.2 Å². The third kappa shape index (κ3) is 3.33. The van der Waals surface area contributed by atoms with Gasteiger partial charge in [-0.25, -0.2) is 0 Å². The van der Waals surface area contributed by atoms with Gasteiger partial charge in [0.1, 0.15) is 6.10 Å². The molecular weight excluding hydrogens is 240 g/mol. The van der Waals surface area contributed by atoms with Gasteiger partial charge in [-0.15, -0.1) is 0 Å².